The van der Waals surface area contributed by atoms with E-state index in [-0.39, 0.29) is 17.5 Å². The number of aromatic nitrogens is 3. The van der Waals surface area contributed by atoms with Crippen LogP contribution in [0, 0.1) is 0 Å². The Kier molecular flexibility index (Phi) is 6.08. The summed E-state index contributed by atoms with van der Waals surface area (Å²) in [7, 11) is 0. The monoisotopic (exact) mass is 431 g/mol. The van der Waals surface area contributed by atoms with Crippen LogP contribution >= 0.6 is 0 Å². The van der Waals surface area contributed by atoms with E-state index in [2.05, 4.69) is 32.4 Å². The number of carbonyl (C=O) groups excluding carboxylic acids is 2. The maximum absolute atomic E-state index is 13.6. The van der Waals surface area contributed by atoms with Crippen molar-refractivity contribution in [1.29, 1.82) is 0 Å². The molecule has 1 aliphatic rings. The summed E-state index contributed by atoms with van der Waals surface area (Å²) in [6, 6.07) is 10.6. The Bertz CT molecular complexity index is 1050. The molecule has 0 aliphatic heterocycles. The number of hydrogen-bond donors (Lipinski definition) is 2. The van der Waals surface area contributed by atoms with Gasteiger partial charge in [-0.25, -0.2) is 4.98 Å². The predicted molar refractivity (Wildman–Crippen MR) is 123 cm³/mol. The van der Waals surface area contributed by atoms with E-state index in [0.29, 0.717) is 17.2 Å². The van der Waals surface area contributed by atoms with Gasteiger partial charge in [0, 0.05) is 35.4 Å². The summed E-state index contributed by atoms with van der Waals surface area (Å²) >= 11 is 0. The van der Waals surface area contributed by atoms with E-state index >= 15 is 0 Å². The van der Waals surface area contributed by atoms with Gasteiger partial charge in [-0.2, -0.15) is 0 Å². The van der Waals surface area contributed by atoms with Crippen LogP contribution in [0.25, 0.3) is 0 Å². The molecule has 2 heterocycles. The zero-order valence-electron chi connectivity index (χ0n) is 18.7. The molecule has 1 saturated carbocycles. The number of carbonyl (C=O) groups is 2. The van der Waals surface area contributed by atoms with Crippen LogP contribution in [0.5, 0.6) is 0 Å². The van der Waals surface area contributed by atoms with Crippen molar-refractivity contribution in [3.8, 4) is 0 Å². The number of nitrogens with zero attached hydrogens (tertiary/aromatic N) is 3. The third-order valence-electron chi connectivity index (χ3n) is 5.69. The molecule has 7 heteroatoms. The van der Waals surface area contributed by atoms with Crippen molar-refractivity contribution in [1.82, 2.24) is 20.3 Å². The number of anilines is 1. The minimum atomic E-state index is -0.901. The number of H-pyrrole nitrogens is 1. The fraction of sp³-hybridized carbons (Fsp3) is 0.360. The van der Waals surface area contributed by atoms with Gasteiger partial charge in [0.25, 0.3) is 5.91 Å². The van der Waals surface area contributed by atoms with Crippen LogP contribution < -0.4 is 10.2 Å². The Labute approximate surface area is 188 Å². The topological polar surface area (TPSA) is 91.0 Å². The molecule has 0 saturated heterocycles. The number of hydrogen-bond acceptors (Lipinski definition) is 4. The molecule has 1 unspecified atom stereocenters. The average molecular weight is 432 g/mol. The first kappa shape index (κ1) is 21.7. The Balaban J connectivity index is 1.79. The van der Waals surface area contributed by atoms with E-state index in [1.165, 1.54) is 36.1 Å². The molecule has 3 aromatic rings. The lowest BCUT2D eigenvalue weighted by molar-refractivity contribution is -0.123. The maximum atomic E-state index is 13.6. The van der Waals surface area contributed by atoms with Crippen LogP contribution in [0.2, 0.25) is 0 Å². The molecule has 0 bridgehead atoms. The molecular formula is C25H29N5O2. The summed E-state index contributed by atoms with van der Waals surface area (Å²) in [5.41, 5.74) is 2.31. The van der Waals surface area contributed by atoms with Gasteiger partial charge in [0.1, 0.15) is 11.7 Å². The van der Waals surface area contributed by atoms with Crippen molar-refractivity contribution in [3.63, 3.8) is 0 Å². The van der Waals surface area contributed by atoms with Crippen LogP contribution in [0.1, 0.15) is 73.6 Å². The van der Waals surface area contributed by atoms with Crippen molar-refractivity contribution >= 4 is 17.5 Å². The van der Waals surface area contributed by atoms with Crippen LogP contribution in [0.3, 0.4) is 0 Å². The van der Waals surface area contributed by atoms with Crippen LogP contribution in [-0.4, -0.2) is 32.3 Å². The smallest absolute Gasteiger partial charge is 0.279 e. The Hall–Kier alpha value is -3.48. The lowest BCUT2D eigenvalue weighted by atomic mass is 9.80. The van der Waals surface area contributed by atoms with Gasteiger partial charge in [0.15, 0.2) is 0 Å². The number of pyridine rings is 1. The molecule has 0 spiro atoms. The molecule has 32 heavy (non-hydrogen) atoms. The fourth-order valence-electron chi connectivity index (χ4n) is 3.93. The highest BCUT2D eigenvalue weighted by Crippen LogP contribution is 2.38. The molecule has 1 fully saturated rings. The number of rotatable bonds is 6. The molecule has 2 amide bonds. The maximum Gasteiger partial charge on any atom is 0.279 e. The van der Waals surface area contributed by atoms with E-state index in [1.54, 1.807) is 24.7 Å². The Morgan fingerprint density at radius 3 is 2.44 bits per heavy atom. The number of aromatic amines is 1. The van der Waals surface area contributed by atoms with Crippen LogP contribution in [-0.2, 0) is 4.79 Å². The molecule has 1 atom stereocenters. The van der Waals surface area contributed by atoms with Crippen LogP contribution in [0.15, 0.2) is 61.3 Å². The second-order valence-electron chi connectivity index (χ2n) is 9.28. The van der Waals surface area contributed by atoms with Gasteiger partial charge >= 0.3 is 0 Å². The first-order chi connectivity index (χ1) is 15.3. The van der Waals surface area contributed by atoms with Gasteiger partial charge in [-0.15, -0.1) is 0 Å². The number of amides is 2. The van der Waals surface area contributed by atoms with E-state index in [0.717, 1.165) is 0 Å². The molecule has 4 rings (SSSR count). The van der Waals surface area contributed by atoms with E-state index < -0.39 is 11.6 Å². The summed E-state index contributed by atoms with van der Waals surface area (Å²) in [5.74, 6) is -0.0594. The Morgan fingerprint density at radius 2 is 1.91 bits per heavy atom. The third-order valence-corrected chi connectivity index (χ3v) is 5.69. The first-order valence-electron chi connectivity index (χ1n) is 11.0. The van der Waals surface area contributed by atoms with E-state index in [4.69, 9.17) is 0 Å². The zero-order chi connectivity index (χ0) is 22.7. The SMILES string of the molecule is CC(C)(C)NC(=O)C(c1cccnc1)N(C(=O)c1c[nH]cn1)c1ccc(C2CCC2)cc1. The molecule has 2 aromatic heterocycles. The predicted octanol–water partition coefficient (Wildman–Crippen LogP) is 4.38. The van der Waals surface area contributed by atoms with Crippen molar-refractivity contribution in [2.24, 2.45) is 0 Å². The second-order valence-corrected chi connectivity index (χ2v) is 9.28. The lowest BCUT2D eigenvalue weighted by Gasteiger charge is -2.33. The molecular weight excluding hydrogens is 402 g/mol. The molecule has 7 nitrogen and oxygen atoms in total. The van der Waals surface area contributed by atoms with Gasteiger partial charge < -0.3 is 10.3 Å². The quantitative estimate of drug-likeness (QED) is 0.606. The van der Waals surface area contributed by atoms with Crippen molar-refractivity contribution in [2.75, 3.05) is 4.90 Å². The standard InChI is InChI=1S/C25H29N5O2/c1-25(2,3)29-23(31)22(19-8-5-13-26-14-19)30(24(32)21-15-27-16-28-21)20-11-9-18(10-12-20)17-6-4-7-17/h5,8-17,22H,4,6-7H2,1-3H3,(H,27,28)(H,29,31). The van der Waals surface area contributed by atoms with Crippen molar-refractivity contribution < 1.29 is 9.59 Å². The minimum Gasteiger partial charge on any atom is -0.350 e. The molecule has 1 aromatic carbocycles. The lowest BCUT2D eigenvalue weighted by Crippen LogP contribution is -2.49. The summed E-state index contributed by atoms with van der Waals surface area (Å²) in [4.78, 5) is 39.8. The van der Waals surface area contributed by atoms with Gasteiger partial charge in [0.05, 0.1) is 6.33 Å². The van der Waals surface area contributed by atoms with Crippen molar-refractivity contribution in [3.05, 3.63) is 78.1 Å². The van der Waals surface area contributed by atoms with Gasteiger partial charge in [0.2, 0.25) is 5.91 Å². The van der Waals surface area contributed by atoms with E-state index in [1.807, 2.05) is 39.0 Å². The average Bonchev–Trinajstić information content (AvgIpc) is 3.25. The van der Waals surface area contributed by atoms with Gasteiger partial charge in [-0.3, -0.25) is 19.5 Å². The number of imidazole rings is 1. The van der Waals surface area contributed by atoms with Crippen molar-refractivity contribution in [2.45, 2.75) is 57.5 Å². The third kappa shape index (κ3) is 4.72. The van der Waals surface area contributed by atoms with Crippen LogP contribution in [0.4, 0.5) is 5.69 Å². The number of nitrogens with one attached hydrogen (secondary N) is 2. The Morgan fingerprint density at radius 1 is 1.16 bits per heavy atom. The second kappa shape index (κ2) is 8.94. The molecule has 0 radical (unpaired) electrons. The highest BCUT2D eigenvalue weighted by molar-refractivity contribution is 6.09. The summed E-state index contributed by atoms with van der Waals surface area (Å²) in [6.07, 6.45) is 9.92. The fourth-order valence-corrected chi connectivity index (χ4v) is 3.93. The van der Waals surface area contributed by atoms with E-state index in [9.17, 15) is 9.59 Å². The first-order valence-corrected chi connectivity index (χ1v) is 11.0. The highest BCUT2D eigenvalue weighted by Gasteiger charge is 2.36. The van der Waals surface area contributed by atoms with Gasteiger partial charge in [-0.05, 0) is 63.3 Å². The molecule has 1 aliphatic carbocycles. The largest absolute Gasteiger partial charge is 0.350 e. The summed E-state index contributed by atoms with van der Waals surface area (Å²) in [6.45, 7) is 5.75. The zero-order valence-corrected chi connectivity index (χ0v) is 18.7. The van der Waals surface area contributed by atoms with Gasteiger partial charge in [-0.1, -0.05) is 24.6 Å². The highest BCUT2D eigenvalue weighted by atomic mass is 16.2. The number of benzene rings is 1. The summed E-state index contributed by atoms with van der Waals surface area (Å²) < 4.78 is 0. The summed E-state index contributed by atoms with van der Waals surface area (Å²) in [5, 5.41) is 3.03. The molecule has 166 valence electrons. The minimum absolute atomic E-state index is 0.241. The molecule has 2 N–H and O–H groups in total. The normalized spacial score (nSPS) is 15.0.